The summed E-state index contributed by atoms with van der Waals surface area (Å²) < 4.78 is 2.75. The number of thiazole rings is 1. The van der Waals surface area contributed by atoms with Crippen molar-refractivity contribution in [3.05, 3.63) is 15.5 Å². The minimum absolute atomic E-state index is 0.620. The van der Waals surface area contributed by atoms with Crippen LogP contribution in [0.15, 0.2) is 0 Å². The van der Waals surface area contributed by atoms with Crippen molar-refractivity contribution in [1.29, 1.82) is 0 Å². The largest absolute Gasteiger partial charge is 0.299 e. The van der Waals surface area contributed by atoms with Gasteiger partial charge in [0.25, 0.3) is 0 Å². The summed E-state index contributed by atoms with van der Waals surface area (Å²) in [5, 5.41) is 8.45. The molecule has 0 aliphatic carbocycles. The molecule has 0 radical (unpaired) electrons. The number of nitrogens with one attached hydrogen (secondary N) is 1. The first-order chi connectivity index (χ1) is 9.02. The van der Waals surface area contributed by atoms with E-state index in [1.54, 1.807) is 11.3 Å². The normalized spacial score (nSPS) is 11.4. The molecule has 2 heterocycles. The third-order valence-corrected chi connectivity index (χ3v) is 4.32. The Bertz CT molecular complexity index is 606. The van der Waals surface area contributed by atoms with Crippen LogP contribution in [0.4, 0.5) is 0 Å². The zero-order valence-corrected chi connectivity index (χ0v) is 13.5. The van der Waals surface area contributed by atoms with E-state index in [0.29, 0.717) is 10.7 Å². The Hall–Kier alpha value is -1.01. The molecule has 2 rings (SSSR count). The second kappa shape index (κ2) is 5.96. The zero-order valence-electron chi connectivity index (χ0n) is 11.9. The van der Waals surface area contributed by atoms with Gasteiger partial charge in [-0.25, -0.2) is 4.98 Å². The lowest BCUT2D eigenvalue weighted by Crippen LogP contribution is -1.99. The molecule has 0 amide bonds. The van der Waals surface area contributed by atoms with Crippen LogP contribution in [0.1, 0.15) is 37.9 Å². The van der Waals surface area contributed by atoms with E-state index in [-0.39, 0.29) is 0 Å². The predicted octanol–water partition coefficient (Wildman–Crippen LogP) is 3.98. The number of nitrogens with zero attached hydrogens (tertiary/aromatic N) is 3. The van der Waals surface area contributed by atoms with Gasteiger partial charge in [0.1, 0.15) is 0 Å². The van der Waals surface area contributed by atoms with E-state index >= 15 is 0 Å². The van der Waals surface area contributed by atoms with Crippen molar-refractivity contribution in [2.75, 3.05) is 0 Å². The highest BCUT2D eigenvalue weighted by Crippen LogP contribution is 2.30. The van der Waals surface area contributed by atoms with Crippen molar-refractivity contribution < 1.29 is 0 Å². The summed E-state index contributed by atoms with van der Waals surface area (Å²) in [6.07, 6.45) is 2.06. The summed E-state index contributed by atoms with van der Waals surface area (Å²) in [6.45, 7) is 9.50. The van der Waals surface area contributed by atoms with Crippen molar-refractivity contribution >= 4 is 23.6 Å². The Balaban J connectivity index is 2.41. The molecule has 2 aromatic heterocycles. The lowest BCUT2D eigenvalue weighted by molar-refractivity contribution is 0.643. The summed E-state index contributed by atoms with van der Waals surface area (Å²) in [6, 6.07) is 0. The molecule has 0 saturated heterocycles. The number of rotatable bonds is 5. The molecule has 0 aromatic carbocycles. The van der Waals surface area contributed by atoms with E-state index in [2.05, 4.69) is 40.5 Å². The number of aryl methyl sites for hydroxylation is 1. The molecular formula is C13H20N4S2. The van der Waals surface area contributed by atoms with Gasteiger partial charge in [0.15, 0.2) is 10.6 Å². The standard InChI is InChI=1S/C13H20N4S2/c1-5-6-17-12(15-16-13(17)18)11-9(4)14-10(19-11)7-8(2)3/h8H,5-7H2,1-4H3,(H,16,18). The average molecular weight is 296 g/mol. The summed E-state index contributed by atoms with van der Waals surface area (Å²) in [5.74, 6) is 1.55. The van der Waals surface area contributed by atoms with Crippen molar-refractivity contribution in [2.45, 2.75) is 47.1 Å². The Morgan fingerprint density at radius 2 is 2.16 bits per heavy atom. The van der Waals surface area contributed by atoms with Gasteiger partial charge in [-0.1, -0.05) is 20.8 Å². The molecule has 0 saturated carbocycles. The van der Waals surface area contributed by atoms with E-state index in [4.69, 9.17) is 12.2 Å². The van der Waals surface area contributed by atoms with Gasteiger partial charge in [-0.3, -0.25) is 9.67 Å². The van der Waals surface area contributed by atoms with Gasteiger partial charge in [-0.05, 0) is 31.5 Å². The van der Waals surface area contributed by atoms with Crippen molar-refractivity contribution in [3.63, 3.8) is 0 Å². The molecule has 0 fully saturated rings. The maximum Gasteiger partial charge on any atom is 0.195 e. The Morgan fingerprint density at radius 1 is 1.42 bits per heavy atom. The molecule has 2 aromatic rings. The predicted molar refractivity (Wildman–Crippen MR) is 82.1 cm³/mol. The fraction of sp³-hybridized carbons (Fsp3) is 0.615. The summed E-state index contributed by atoms with van der Waals surface area (Å²) in [5.41, 5.74) is 1.05. The molecule has 0 aliphatic rings. The van der Waals surface area contributed by atoms with E-state index in [0.717, 1.165) is 35.8 Å². The number of aromatic nitrogens is 4. The second-order valence-corrected chi connectivity index (χ2v) is 6.59. The fourth-order valence-electron chi connectivity index (χ4n) is 2.02. The summed E-state index contributed by atoms with van der Waals surface area (Å²) >= 11 is 7.02. The van der Waals surface area contributed by atoms with Crippen molar-refractivity contribution in [2.24, 2.45) is 5.92 Å². The zero-order chi connectivity index (χ0) is 14.0. The first-order valence-electron chi connectivity index (χ1n) is 6.64. The molecule has 0 unspecified atom stereocenters. The van der Waals surface area contributed by atoms with Crippen LogP contribution in [-0.2, 0) is 13.0 Å². The molecule has 1 N–H and O–H groups in total. The van der Waals surface area contributed by atoms with Crippen LogP contribution in [0.2, 0.25) is 0 Å². The summed E-state index contributed by atoms with van der Waals surface area (Å²) in [7, 11) is 0. The third kappa shape index (κ3) is 3.12. The van der Waals surface area contributed by atoms with Crippen LogP contribution in [-0.4, -0.2) is 19.7 Å². The Labute approximate surface area is 122 Å². The van der Waals surface area contributed by atoms with Gasteiger partial charge >= 0.3 is 0 Å². The number of hydrogen-bond acceptors (Lipinski definition) is 4. The van der Waals surface area contributed by atoms with Gasteiger partial charge < -0.3 is 0 Å². The lowest BCUT2D eigenvalue weighted by atomic mass is 10.1. The molecule has 19 heavy (non-hydrogen) atoms. The molecule has 6 heteroatoms. The second-order valence-electron chi connectivity index (χ2n) is 5.12. The molecular weight excluding hydrogens is 276 g/mol. The highest BCUT2D eigenvalue weighted by Gasteiger charge is 2.16. The van der Waals surface area contributed by atoms with E-state index in [1.165, 1.54) is 5.01 Å². The van der Waals surface area contributed by atoms with Gasteiger partial charge in [0, 0.05) is 13.0 Å². The van der Waals surface area contributed by atoms with Crippen LogP contribution in [0, 0.1) is 17.6 Å². The van der Waals surface area contributed by atoms with Crippen LogP contribution >= 0.6 is 23.6 Å². The van der Waals surface area contributed by atoms with Crippen molar-refractivity contribution in [1.82, 2.24) is 19.7 Å². The minimum Gasteiger partial charge on any atom is -0.299 e. The van der Waals surface area contributed by atoms with E-state index in [1.807, 2.05) is 6.92 Å². The molecule has 0 spiro atoms. The van der Waals surface area contributed by atoms with Gasteiger partial charge in [-0.2, -0.15) is 5.10 Å². The van der Waals surface area contributed by atoms with Gasteiger partial charge in [0.2, 0.25) is 0 Å². The number of H-pyrrole nitrogens is 1. The van der Waals surface area contributed by atoms with Gasteiger partial charge in [0.05, 0.1) is 15.6 Å². The van der Waals surface area contributed by atoms with Crippen LogP contribution in [0.5, 0.6) is 0 Å². The molecule has 104 valence electrons. The monoisotopic (exact) mass is 296 g/mol. The quantitative estimate of drug-likeness (QED) is 0.849. The van der Waals surface area contributed by atoms with Gasteiger partial charge in [-0.15, -0.1) is 11.3 Å². The first kappa shape index (κ1) is 14.4. The molecule has 0 bridgehead atoms. The molecule has 0 atom stereocenters. The fourth-order valence-corrected chi connectivity index (χ4v) is 3.52. The number of aromatic amines is 1. The topological polar surface area (TPSA) is 46.5 Å². The van der Waals surface area contributed by atoms with E-state index < -0.39 is 0 Å². The van der Waals surface area contributed by atoms with Crippen LogP contribution in [0.25, 0.3) is 10.7 Å². The van der Waals surface area contributed by atoms with Crippen LogP contribution < -0.4 is 0 Å². The third-order valence-electron chi connectivity index (χ3n) is 2.83. The van der Waals surface area contributed by atoms with E-state index in [9.17, 15) is 0 Å². The highest BCUT2D eigenvalue weighted by molar-refractivity contribution is 7.71. The SMILES string of the molecule is CCCn1c(-c2sc(CC(C)C)nc2C)n[nH]c1=S. The highest BCUT2D eigenvalue weighted by atomic mass is 32.1. The Kier molecular flexibility index (Phi) is 4.52. The smallest absolute Gasteiger partial charge is 0.195 e. The lowest BCUT2D eigenvalue weighted by Gasteiger charge is -2.03. The maximum absolute atomic E-state index is 5.29. The average Bonchev–Trinajstić information content (AvgIpc) is 2.84. The summed E-state index contributed by atoms with van der Waals surface area (Å²) in [4.78, 5) is 5.79. The van der Waals surface area contributed by atoms with Crippen LogP contribution in [0.3, 0.4) is 0 Å². The molecule has 4 nitrogen and oxygen atoms in total. The number of hydrogen-bond donors (Lipinski definition) is 1. The first-order valence-corrected chi connectivity index (χ1v) is 7.87. The maximum atomic E-state index is 5.29. The minimum atomic E-state index is 0.620. The van der Waals surface area contributed by atoms with Crippen molar-refractivity contribution in [3.8, 4) is 10.7 Å². The Morgan fingerprint density at radius 3 is 2.79 bits per heavy atom. The molecule has 0 aliphatic heterocycles.